The molecule has 0 saturated carbocycles. The molecular formula is C22H17NO7. The third-order valence-corrected chi connectivity index (χ3v) is 3.84. The predicted octanol–water partition coefficient (Wildman–Crippen LogP) is 4.91. The fourth-order valence-electron chi connectivity index (χ4n) is 2.46. The Morgan fingerprint density at radius 2 is 1.60 bits per heavy atom. The second-order valence-corrected chi connectivity index (χ2v) is 5.92. The summed E-state index contributed by atoms with van der Waals surface area (Å²) in [6.45, 7) is 0. The maximum Gasteiger partial charge on any atom is 0.389 e. The lowest BCUT2D eigenvalue weighted by Crippen LogP contribution is -2.10. The number of ether oxygens (including phenoxy) is 2. The Morgan fingerprint density at radius 3 is 2.27 bits per heavy atom. The Kier molecular flexibility index (Phi) is 6.63. The van der Waals surface area contributed by atoms with E-state index in [0.29, 0.717) is 17.1 Å². The van der Waals surface area contributed by atoms with Crippen LogP contribution >= 0.6 is 0 Å². The van der Waals surface area contributed by atoms with Crippen molar-refractivity contribution in [3.63, 3.8) is 0 Å². The van der Waals surface area contributed by atoms with E-state index in [0.717, 1.165) is 0 Å². The number of carbonyl (C=O) groups is 1. The van der Waals surface area contributed by atoms with E-state index in [1.807, 2.05) is 6.07 Å². The van der Waals surface area contributed by atoms with Crippen molar-refractivity contribution < 1.29 is 29.0 Å². The zero-order valence-corrected chi connectivity index (χ0v) is 15.9. The monoisotopic (exact) mass is 407 g/mol. The van der Waals surface area contributed by atoms with E-state index >= 15 is 0 Å². The summed E-state index contributed by atoms with van der Waals surface area (Å²) >= 11 is 0. The molecule has 0 atom stereocenters. The van der Waals surface area contributed by atoms with Gasteiger partial charge in [0.1, 0.15) is 17.1 Å². The topological polar surface area (TPSA) is 97.1 Å². The molecule has 0 amide bonds. The van der Waals surface area contributed by atoms with Gasteiger partial charge in [-0.2, -0.15) is 0 Å². The first kappa shape index (κ1) is 20.4. The molecule has 0 saturated heterocycles. The number of carbonyl (C=O) groups excluding carboxylic acids is 1. The lowest BCUT2D eigenvalue weighted by molar-refractivity contribution is -0.384. The summed E-state index contributed by atoms with van der Waals surface area (Å²) in [4.78, 5) is 32.7. The van der Waals surface area contributed by atoms with E-state index in [2.05, 4.69) is 0 Å². The van der Waals surface area contributed by atoms with Crippen LogP contribution < -0.4 is 9.62 Å². The number of nitro groups is 1. The van der Waals surface area contributed by atoms with Gasteiger partial charge in [-0.1, -0.05) is 36.4 Å². The van der Waals surface area contributed by atoms with Gasteiger partial charge in [-0.3, -0.25) is 15.0 Å². The minimum absolute atomic E-state index is 0.0373. The predicted molar refractivity (Wildman–Crippen MR) is 108 cm³/mol. The molecule has 0 radical (unpaired) electrons. The number of hydrogen-bond donors (Lipinski definition) is 0. The molecule has 3 rings (SSSR count). The van der Waals surface area contributed by atoms with Gasteiger partial charge in [0, 0.05) is 18.2 Å². The molecule has 152 valence electrons. The van der Waals surface area contributed by atoms with E-state index in [-0.39, 0.29) is 17.0 Å². The number of methoxy groups -OCH3 is 1. The Bertz CT molecular complexity index is 1050. The fourth-order valence-corrected chi connectivity index (χ4v) is 2.46. The molecule has 0 aliphatic carbocycles. The van der Waals surface area contributed by atoms with E-state index < -0.39 is 10.9 Å². The molecule has 8 nitrogen and oxygen atoms in total. The van der Waals surface area contributed by atoms with Gasteiger partial charge in [-0.15, -0.1) is 0 Å². The highest BCUT2D eigenvalue weighted by atomic mass is 17.2. The first-order valence-electron chi connectivity index (χ1n) is 8.76. The highest BCUT2D eigenvalue weighted by Gasteiger charge is 2.16. The SMILES string of the molecule is COC=C(C(=O)OOc1cccc(Oc2ccc([N+](=O)[O-])cc2)c1)c1ccccc1. The standard InChI is InChI=1S/C22H17NO7/c1-27-15-21(16-6-3-2-4-7-16)22(24)30-29-20-9-5-8-19(14-20)28-18-12-10-17(11-13-18)23(25)26/h2-15H,1H3. The molecule has 30 heavy (non-hydrogen) atoms. The molecule has 0 unspecified atom stereocenters. The van der Waals surface area contributed by atoms with Crippen molar-refractivity contribution in [1.29, 1.82) is 0 Å². The summed E-state index contributed by atoms with van der Waals surface area (Å²) in [5.41, 5.74) is 0.768. The second-order valence-electron chi connectivity index (χ2n) is 5.92. The lowest BCUT2D eigenvalue weighted by atomic mass is 10.1. The Balaban J connectivity index is 1.65. The molecule has 0 bridgehead atoms. The van der Waals surface area contributed by atoms with E-state index in [4.69, 9.17) is 19.2 Å². The van der Waals surface area contributed by atoms with Crippen molar-refractivity contribution in [1.82, 2.24) is 0 Å². The number of non-ortho nitro benzene ring substituents is 1. The van der Waals surface area contributed by atoms with Crippen LogP contribution in [0, 0.1) is 10.1 Å². The van der Waals surface area contributed by atoms with Crippen LogP contribution in [0.5, 0.6) is 17.2 Å². The van der Waals surface area contributed by atoms with Crippen LogP contribution in [0.4, 0.5) is 5.69 Å². The summed E-state index contributed by atoms with van der Waals surface area (Å²) in [6, 6.07) is 20.9. The summed E-state index contributed by atoms with van der Waals surface area (Å²) in [5, 5.41) is 10.7. The van der Waals surface area contributed by atoms with Crippen LogP contribution in [0.15, 0.2) is 85.1 Å². The quantitative estimate of drug-likeness (QED) is 0.172. The van der Waals surface area contributed by atoms with Gasteiger partial charge in [-0.25, -0.2) is 9.68 Å². The van der Waals surface area contributed by atoms with Crippen LogP contribution in [0.3, 0.4) is 0 Å². The first-order chi connectivity index (χ1) is 14.6. The molecule has 0 heterocycles. The van der Waals surface area contributed by atoms with Gasteiger partial charge in [-0.05, 0) is 29.8 Å². The molecule has 0 spiro atoms. The second kappa shape index (κ2) is 9.74. The Hall–Kier alpha value is -4.33. The number of nitrogens with zero attached hydrogens (tertiary/aromatic N) is 1. The number of hydrogen-bond acceptors (Lipinski definition) is 7. The molecule has 0 aliphatic rings. The van der Waals surface area contributed by atoms with Gasteiger partial charge in [0.25, 0.3) is 5.69 Å². The fraction of sp³-hybridized carbons (Fsp3) is 0.0455. The molecule has 0 fully saturated rings. The van der Waals surface area contributed by atoms with Gasteiger partial charge >= 0.3 is 5.97 Å². The summed E-state index contributed by atoms with van der Waals surface area (Å²) < 4.78 is 10.6. The summed E-state index contributed by atoms with van der Waals surface area (Å²) in [5.74, 6) is 0.301. The third kappa shape index (κ3) is 5.35. The van der Waals surface area contributed by atoms with Crippen LogP contribution in [-0.4, -0.2) is 18.0 Å². The van der Waals surface area contributed by atoms with Crippen molar-refractivity contribution in [3.8, 4) is 17.2 Å². The van der Waals surface area contributed by atoms with E-state index in [9.17, 15) is 14.9 Å². The van der Waals surface area contributed by atoms with Crippen molar-refractivity contribution in [2.45, 2.75) is 0 Å². The van der Waals surface area contributed by atoms with Crippen LogP contribution in [0.25, 0.3) is 5.57 Å². The normalized spacial score (nSPS) is 10.8. The van der Waals surface area contributed by atoms with Gasteiger partial charge < -0.3 is 9.47 Å². The Labute approximate surface area is 172 Å². The first-order valence-corrected chi connectivity index (χ1v) is 8.76. The van der Waals surface area contributed by atoms with Crippen LogP contribution in [-0.2, 0) is 14.4 Å². The number of benzene rings is 3. The molecule has 0 aromatic heterocycles. The van der Waals surface area contributed by atoms with Crippen molar-refractivity contribution >= 4 is 17.2 Å². The van der Waals surface area contributed by atoms with E-state index in [1.165, 1.54) is 43.7 Å². The molecule has 0 aliphatic heterocycles. The van der Waals surface area contributed by atoms with Gasteiger partial charge in [0.2, 0.25) is 0 Å². The molecular weight excluding hydrogens is 390 g/mol. The van der Waals surface area contributed by atoms with Crippen LogP contribution in [0.1, 0.15) is 5.56 Å². The summed E-state index contributed by atoms with van der Waals surface area (Å²) in [6.07, 6.45) is 1.27. The number of rotatable bonds is 8. The van der Waals surface area contributed by atoms with Gasteiger partial charge in [0.05, 0.1) is 18.3 Å². The average Bonchev–Trinajstić information content (AvgIpc) is 2.77. The lowest BCUT2D eigenvalue weighted by Gasteiger charge is -2.09. The van der Waals surface area contributed by atoms with Crippen molar-refractivity contribution in [3.05, 3.63) is 101 Å². The molecule has 3 aromatic rings. The summed E-state index contributed by atoms with van der Waals surface area (Å²) in [7, 11) is 1.43. The van der Waals surface area contributed by atoms with Gasteiger partial charge in [0.15, 0.2) is 5.75 Å². The largest absolute Gasteiger partial charge is 0.503 e. The maximum atomic E-state index is 12.4. The third-order valence-electron chi connectivity index (χ3n) is 3.84. The highest BCUT2D eigenvalue weighted by Crippen LogP contribution is 2.27. The average molecular weight is 407 g/mol. The van der Waals surface area contributed by atoms with Crippen molar-refractivity contribution in [2.75, 3.05) is 7.11 Å². The maximum absolute atomic E-state index is 12.4. The van der Waals surface area contributed by atoms with Crippen LogP contribution in [0.2, 0.25) is 0 Å². The zero-order chi connectivity index (χ0) is 21.3. The minimum atomic E-state index is -0.732. The zero-order valence-electron chi connectivity index (χ0n) is 15.9. The van der Waals surface area contributed by atoms with E-state index in [1.54, 1.807) is 42.5 Å². The number of nitro benzene ring substituents is 1. The molecule has 8 heteroatoms. The minimum Gasteiger partial charge on any atom is -0.503 e. The molecule has 3 aromatic carbocycles. The highest BCUT2D eigenvalue weighted by molar-refractivity contribution is 6.15. The Morgan fingerprint density at radius 1 is 0.900 bits per heavy atom. The molecule has 0 N–H and O–H groups in total. The smallest absolute Gasteiger partial charge is 0.389 e. The van der Waals surface area contributed by atoms with Crippen molar-refractivity contribution in [2.24, 2.45) is 0 Å².